The van der Waals surface area contributed by atoms with Crippen LogP contribution in [-0.2, 0) is 11.2 Å². The number of hydrogen-bond donors (Lipinski definition) is 1. The lowest BCUT2D eigenvalue weighted by Crippen LogP contribution is -2.47. The minimum absolute atomic E-state index is 0.109. The van der Waals surface area contributed by atoms with Gasteiger partial charge in [-0.05, 0) is 36.7 Å². The Hall–Kier alpha value is -1.84. The van der Waals surface area contributed by atoms with Crippen molar-refractivity contribution in [2.24, 2.45) is 0 Å². The van der Waals surface area contributed by atoms with E-state index in [4.69, 9.17) is 9.47 Å². The zero-order chi connectivity index (χ0) is 15.6. The van der Waals surface area contributed by atoms with E-state index in [0.717, 1.165) is 24.3 Å². The lowest BCUT2D eigenvalue weighted by Gasteiger charge is -2.34. The Bertz CT molecular complexity index is 655. The maximum Gasteiger partial charge on any atom is 0.154 e. The number of hydrogen-bond acceptors (Lipinski definition) is 3. The van der Waals surface area contributed by atoms with Crippen molar-refractivity contribution in [2.45, 2.75) is 25.0 Å². The van der Waals surface area contributed by atoms with Crippen LogP contribution in [0.2, 0.25) is 0 Å². The number of ether oxygens (including phenoxy) is 2. The van der Waals surface area contributed by atoms with Gasteiger partial charge in [0.15, 0.2) is 6.10 Å². The van der Waals surface area contributed by atoms with Gasteiger partial charge in [0.1, 0.15) is 11.4 Å². The standard InChI is InChI=1S/C19H23NO2/c1-14-8-4-7-11-17(14)22-18-16-10-6-5-9-15(16)12-19(18,21-3)13-20-2/h4-11,18,20H,12-13H2,1-3H3. The monoisotopic (exact) mass is 297 g/mol. The molecule has 0 fully saturated rings. The summed E-state index contributed by atoms with van der Waals surface area (Å²) in [6.45, 7) is 2.82. The minimum Gasteiger partial charge on any atom is -0.482 e. The minimum atomic E-state index is -0.374. The third-order valence-electron chi connectivity index (χ3n) is 4.53. The van der Waals surface area contributed by atoms with E-state index >= 15 is 0 Å². The fourth-order valence-corrected chi connectivity index (χ4v) is 3.34. The predicted octanol–water partition coefficient (Wildman–Crippen LogP) is 3.28. The molecule has 3 rings (SSSR count). The molecule has 0 saturated carbocycles. The van der Waals surface area contributed by atoms with Crippen LogP contribution in [0.25, 0.3) is 0 Å². The van der Waals surface area contributed by atoms with Gasteiger partial charge < -0.3 is 14.8 Å². The van der Waals surface area contributed by atoms with Crippen LogP contribution in [0.3, 0.4) is 0 Å². The second-order valence-electron chi connectivity index (χ2n) is 5.94. The van der Waals surface area contributed by atoms with Crippen molar-refractivity contribution >= 4 is 0 Å². The fraction of sp³-hybridized carbons (Fsp3) is 0.368. The first-order chi connectivity index (χ1) is 10.7. The van der Waals surface area contributed by atoms with Gasteiger partial charge >= 0.3 is 0 Å². The zero-order valence-electron chi connectivity index (χ0n) is 13.4. The highest BCUT2D eigenvalue weighted by Crippen LogP contribution is 2.44. The molecule has 0 radical (unpaired) electrons. The van der Waals surface area contributed by atoms with E-state index < -0.39 is 0 Å². The summed E-state index contributed by atoms with van der Waals surface area (Å²) in [7, 11) is 3.73. The molecule has 0 aliphatic heterocycles. The molecule has 2 aromatic rings. The SMILES string of the molecule is CNCC1(OC)Cc2ccccc2C1Oc1ccccc1C. The van der Waals surface area contributed by atoms with Crippen LogP contribution in [0, 0.1) is 6.92 Å². The molecule has 0 saturated heterocycles. The van der Waals surface area contributed by atoms with Gasteiger partial charge in [-0.15, -0.1) is 0 Å². The second-order valence-corrected chi connectivity index (χ2v) is 5.94. The Kier molecular flexibility index (Phi) is 4.19. The molecule has 1 N–H and O–H groups in total. The quantitative estimate of drug-likeness (QED) is 0.919. The van der Waals surface area contributed by atoms with Crippen molar-refractivity contribution in [3.05, 3.63) is 65.2 Å². The molecule has 2 unspecified atom stereocenters. The van der Waals surface area contributed by atoms with E-state index in [1.165, 1.54) is 11.1 Å². The third kappa shape index (κ3) is 2.51. The summed E-state index contributed by atoms with van der Waals surface area (Å²) in [5, 5.41) is 3.26. The number of likely N-dealkylation sites (N-methyl/N-ethyl adjacent to an activating group) is 1. The lowest BCUT2D eigenvalue weighted by atomic mass is 9.96. The average Bonchev–Trinajstić information content (AvgIpc) is 2.84. The average molecular weight is 297 g/mol. The maximum absolute atomic E-state index is 6.43. The van der Waals surface area contributed by atoms with Gasteiger partial charge in [-0.1, -0.05) is 42.5 Å². The highest BCUT2D eigenvalue weighted by molar-refractivity contribution is 5.41. The first-order valence-electron chi connectivity index (χ1n) is 7.70. The second kappa shape index (κ2) is 6.11. The van der Waals surface area contributed by atoms with Crippen LogP contribution in [0.4, 0.5) is 0 Å². The molecule has 3 heteroatoms. The molecule has 1 aliphatic rings. The van der Waals surface area contributed by atoms with E-state index in [9.17, 15) is 0 Å². The summed E-state index contributed by atoms with van der Waals surface area (Å²) in [4.78, 5) is 0. The maximum atomic E-state index is 6.43. The highest BCUT2D eigenvalue weighted by atomic mass is 16.5. The van der Waals surface area contributed by atoms with Gasteiger partial charge in [-0.3, -0.25) is 0 Å². The van der Waals surface area contributed by atoms with Gasteiger partial charge in [0, 0.05) is 20.1 Å². The number of fused-ring (bicyclic) bond motifs is 1. The molecule has 0 amide bonds. The molecule has 0 aromatic heterocycles. The normalized spacial score (nSPS) is 23.3. The predicted molar refractivity (Wildman–Crippen MR) is 88.4 cm³/mol. The van der Waals surface area contributed by atoms with Crippen LogP contribution in [0.5, 0.6) is 5.75 Å². The molecular formula is C19H23NO2. The van der Waals surface area contributed by atoms with Gasteiger partial charge in [0.2, 0.25) is 0 Å². The smallest absolute Gasteiger partial charge is 0.154 e. The Balaban J connectivity index is 2.01. The Labute approximate surface area is 132 Å². The number of para-hydroxylation sites is 1. The molecule has 116 valence electrons. The Morgan fingerprint density at radius 2 is 1.86 bits per heavy atom. The van der Waals surface area contributed by atoms with E-state index in [0.29, 0.717) is 0 Å². The first kappa shape index (κ1) is 15.1. The molecule has 2 atom stereocenters. The summed E-state index contributed by atoms with van der Waals surface area (Å²) in [5.41, 5.74) is 3.29. The van der Waals surface area contributed by atoms with Crippen molar-refractivity contribution in [1.29, 1.82) is 0 Å². The molecule has 0 spiro atoms. The van der Waals surface area contributed by atoms with Crippen molar-refractivity contribution in [1.82, 2.24) is 5.32 Å². The van der Waals surface area contributed by atoms with Crippen molar-refractivity contribution < 1.29 is 9.47 Å². The summed E-state index contributed by atoms with van der Waals surface area (Å²) in [5.74, 6) is 0.918. The van der Waals surface area contributed by atoms with Crippen molar-refractivity contribution in [2.75, 3.05) is 20.7 Å². The van der Waals surface area contributed by atoms with E-state index in [1.54, 1.807) is 7.11 Å². The number of rotatable bonds is 5. The van der Waals surface area contributed by atoms with E-state index in [1.807, 2.05) is 25.2 Å². The van der Waals surface area contributed by atoms with Crippen LogP contribution in [0.15, 0.2) is 48.5 Å². The number of nitrogens with one attached hydrogen (secondary N) is 1. The van der Waals surface area contributed by atoms with Gasteiger partial charge in [0.25, 0.3) is 0 Å². The molecule has 3 nitrogen and oxygen atoms in total. The molecule has 0 bridgehead atoms. The van der Waals surface area contributed by atoms with Crippen molar-refractivity contribution in [3.8, 4) is 5.75 Å². The molecule has 22 heavy (non-hydrogen) atoms. The van der Waals surface area contributed by atoms with Gasteiger partial charge in [-0.25, -0.2) is 0 Å². The van der Waals surface area contributed by atoms with Gasteiger partial charge in [-0.2, -0.15) is 0 Å². The van der Waals surface area contributed by atoms with Crippen LogP contribution in [0.1, 0.15) is 22.8 Å². The van der Waals surface area contributed by atoms with Crippen molar-refractivity contribution in [3.63, 3.8) is 0 Å². The lowest BCUT2D eigenvalue weighted by molar-refractivity contribution is -0.0799. The summed E-state index contributed by atoms with van der Waals surface area (Å²) < 4.78 is 12.4. The third-order valence-corrected chi connectivity index (χ3v) is 4.53. The summed E-state index contributed by atoms with van der Waals surface area (Å²) in [6.07, 6.45) is 0.749. The van der Waals surface area contributed by atoms with Crippen LogP contribution >= 0.6 is 0 Å². The van der Waals surface area contributed by atoms with E-state index in [-0.39, 0.29) is 11.7 Å². The van der Waals surface area contributed by atoms with E-state index in [2.05, 4.69) is 42.6 Å². The summed E-state index contributed by atoms with van der Waals surface area (Å²) in [6, 6.07) is 16.6. The molecular weight excluding hydrogens is 274 g/mol. The number of aryl methyl sites for hydroxylation is 1. The molecule has 0 heterocycles. The fourth-order valence-electron chi connectivity index (χ4n) is 3.34. The van der Waals surface area contributed by atoms with Crippen LogP contribution < -0.4 is 10.1 Å². The highest BCUT2D eigenvalue weighted by Gasteiger charge is 2.48. The zero-order valence-corrected chi connectivity index (χ0v) is 13.4. The first-order valence-corrected chi connectivity index (χ1v) is 7.70. The molecule has 2 aromatic carbocycles. The van der Waals surface area contributed by atoms with Gasteiger partial charge in [0.05, 0.1) is 0 Å². The molecule has 1 aliphatic carbocycles. The number of methoxy groups -OCH3 is 1. The van der Waals surface area contributed by atoms with Crippen LogP contribution in [-0.4, -0.2) is 26.3 Å². The topological polar surface area (TPSA) is 30.5 Å². The number of benzene rings is 2. The summed E-state index contributed by atoms with van der Waals surface area (Å²) >= 11 is 0. The largest absolute Gasteiger partial charge is 0.482 e. The Morgan fingerprint density at radius 3 is 2.59 bits per heavy atom. The Morgan fingerprint density at radius 1 is 1.14 bits per heavy atom.